The van der Waals surface area contributed by atoms with Gasteiger partial charge in [-0.25, -0.2) is 4.79 Å². The molecule has 3 aromatic rings. The first-order valence-corrected chi connectivity index (χ1v) is 9.45. The third kappa shape index (κ3) is 2.62. The van der Waals surface area contributed by atoms with Gasteiger partial charge >= 0.3 is 5.69 Å². The first-order valence-electron chi connectivity index (χ1n) is 9.45. The molecule has 136 valence electrons. The molecule has 1 fully saturated rings. The van der Waals surface area contributed by atoms with Crippen molar-refractivity contribution in [2.24, 2.45) is 14.1 Å². The lowest BCUT2D eigenvalue weighted by Crippen LogP contribution is -2.36. The molecule has 26 heavy (non-hydrogen) atoms. The predicted octanol–water partition coefficient (Wildman–Crippen LogP) is 3.60. The van der Waals surface area contributed by atoms with Crippen molar-refractivity contribution in [3.63, 3.8) is 0 Å². The van der Waals surface area contributed by atoms with Crippen molar-refractivity contribution in [2.45, 2.75) is 44.6 Å². The second-order valence-electron chi connectivity index (χ2n) is 7.36. The molecule has 2 heterocycles. The van der Waals surface area contributed by atoms with Crippen LogP contribution in [0, 0.1) is 0 Å². The maximum Gasteiger partial charge on any atom is 0.330 e. The van der Waals surface area contributed by atoms with E-state index in [2.05, 4.69) is 4.57 Å². The van der Waals surface area contributed by atoms with E-state index in [-0.39, 0.29) is 11.2 Å². The monoisotopic (exact) mass is 351 g/mol. The Kier molecular flexibility index (Phi) is 4.31. The Morgan fingerprint density at radius 3 is 2.19 bits per heavy atom. The quantitative estimate of drug-likeness (QED) is 0.662. The van der Waals surface area contributed by atoms with Crippen LogP contribution in [-0.4, -0.2) is 13.7 Å². The average molecular weight is 351 g/mol. The van der Waals surface area contributed by atoms with E-state index in [1.54, 1.807) is 18.7 Å². The summed E-state index contributed by atoms with van der Waals surface area (Å²) < 4.78 is 5.08. The summed E-state index contributed by atoms with van der Waals surface area (Å²) in [6, 6.07) is 10.5. The number of aryl methyl sites for hydroxylation is 1. The smallest absolute Gasteiger partial charge is 0.330 e. The van der Waals surface area contributed by atoms with E-state index in [0.29, 0.717) is 11.4 Å². The molecule has 0 atom stereocenters. The van der Waals surface area contributed by atoms with Crippen LogP contribution in [0.5, 0.6) is 0 Å². The van der Waals surface area contributed by atoms with Gasteiger partial charge < -0.3 is 4.57 Å². The minimum absolute atomic E-state index is 0.214. The summed E-state index contributed by atoms with van der Waals surface area (Å²) in [5.74, 6) is 0. The molecular weight excluding hydrogens is 326 g/mol. The van der Waals surface area contributed by atoms with E-state index in [9.17, 15) is 9.59 Å². The van der Waals surface area contributed by atoms with Gasteiger partial charge in [-0.1, -0.05) is 56.0 Å². The van der Waals surface area contributed by atoms with Gasteiger partial charge in [0.15, 0.2) is 0 Å². The topological polar surface area (TPSA) is 48.9 Å². The molecule has 0 saturated heterocycles. The van der Waals surface area contributed by atoms with Crippen LogP contribution in [0.15, 0.2) is 46.1 Å². The van der Waals surface area contributed by atoms with Gasteiger partial charge in [0, 0.05) is 26.3 Å². The Balaban J connectivity index is 2.08. The number of hydrogen-bond acceptors (Lipinski definition) is 2. The lowest BCUT2D eigenvalue weighted by atomic mass is 10.1. The molecule has 4 rings (SSSR count). The van der Waals surface area contributed by atoms with Gasteiger partial charge in [0.1, 0.15) is 0 Å². The zero-order valence-corrected chi connectivity index (χ0v) is 15.4. The van der Waals surface area contributed by atoms with Gasteiger partial charge in [-0.05, 0) is 18.4 Å². The molecule has 1 aromatic carbocycles. The highest BCUT2D eigenvalue weighted by molar-refractivity contribution is 5.93. The number of nitrogens with zero attached hydrogens (tertiary/aromatic N) is 3. The lowest BCUT2D eigenvalue weighted by Gasteiger charge is -2.20. The fraction of sp³-hybridized carbons (Fsp3) is 0.429. The maximum atomic E-state index is 13.0. The highest BCUT2D eigenvalue weighted by Crippen LogP contribution is 2.35. The zero-order chi connectivity index (χ0) is 18.3. The molecule has 1 aliphatic carbocycles. The Labute approximate surface area is 152 Å². The van der Waals surface area contributed by atoms with Gasteiger partial charge in [-0.15, -0.1) is 0 Å². The summed E-state index contributed by atoms with van der Waals surface area (Å²) in [4.78, 5) is 25.4. The van der Waals surface area contributed by atoms with Crippen LogP contribution in [0.3, 0.4) is 0 Å². The highest BCUT2D eigenvalue weighted by Gasteiger charge is 2.23. The van der Waals surface area contributed by atoms with Crippen molar-refractivity contribution >= 4 is 10.9 Å². The Morgan fingerprint density at radius 1 is 0.885 bits per heavy atom. The molecule has 1 saturated carbocycles. The lowest BCUT2D eigenvalue weighted by molar-refractivity contribution is 0.450. The summed E-state index contributed by atoms with van der Waals surface area (Å²) in [6.45, 7) is 0. The van der Waals surface area contributed by atoms with Crippen LogP contribution in [-0.2, 0) is 14.1 Å². The van der Waals surface area contributed by atoms with Gasteiger partial charge in [0.05, 0.1) is 16.6 Å². The maximum absolute atomic E-state index is 13.0. The van der Waals surface area contributed by atoms with Gasteiger partial charge in [0.25, 0.3) is 5.56 Å². The summed E-state index contributed by atoms with van der Waals surface area (Å²) in [5.41, 5.74) is 2.21. The highest BCUT2D eigenvalue weighted by atomic mass is 16.2. The van der Waals surface area contributed by atoms with E-state index in [4.69, 9.17) is 0 Å². The molecule has 5 heteroatoms. The van der Waals surface area contributed by atoms with E-state index in [1.165, 1.54) is 30.3 Å². The van der Waals surface area contributed by atoms with Crippen LogP contribution >= 0.6 is 0 Å². The Morgan fingerprint density at radius 2 is 1.54 bits per heavy atom. The van der Waals surface area contributed by atoms with Gasteiger partial charge in [0.2, 0.25) is 0 Å². The van der Waals surface area contributed by atoms with E-state index in [1.807, 2.05) is 36.5 Å². The van der Waals surface area contributed by atoms with Crippen molar-refractivity contribution in [2.75, 3.05) is 0 Å². The minimum Gasteiger partial charge on any atom is -0.342 e. The molecule has 0 N–H and O–H groups in total. The first kappa shape index (κ1) is 16.9. The zero-order valence-electron chi connectivity index (χ0n) is 15.4. The summed E-state index contributed by atoms with van der Waals surface area (Å²) in [7, 11) is 3.30. The molecular formula is C21H25N3O2. The number of rotatable bonds is 2. The van der Waals surface area contributed by atoms with E-state index in [0.717, 1.165) is 29.6 Å². The standard InChI is InChI=1S/C21H25N3O2/c1-22-17-14-24(16-12-8-3-4-9-13-16)19(15-10-6-5-7-11-15)18(17)20(25)23(2)21(22)26/h5-7,10-11,14,16H,3-4,8-9,12-13H2,1-2H3. The van der Waals surface area contributed by atoms with E-state index >= 15 is 0 Å². The normalized spacial score (nSPS) is 16.1. The van der Waals surface area contributed by atoms with Gasteiger partial charge in [-0.2, -0.15) is 0 Å². The summed E-state index contributed by atoms with van der Waals surface area (Å²) in [6.07, 6.45) is 9.24. The van der Waals surface area contributed by atoms with Crippen molar-refractivity contribution in [1.82, 2.24) is 13.7 Å². The molecule has 0 amide bonds. The average Bonchev–Trinajstić information content (AvgIpc) is 2.86. The third-order valence-corrected chi connectivity index (χ3v) is 5.73. The Hall–Kier alpha value is -2.56. The van der Waals surface area contributed by atoms with E-state index < -0.39 is 0 Å². The van der Waals surface area contributed by atoms with Crippen molar-refractivity contribution in [3.8, 4) is 11.3 Å². The van der Waals surface area contributed by atoms with Crippen LogP contribution in [0.25, 0.3) is 22.2 Å². The van der Waals surface area contributed by atoms with Crippen LogP contribution in [0.4, 0.5) is 0 Å². The molecule has 5 nitrogen and oxygen atoms in total. The molecule has 0 spiro atoms. The number of hydrogen-bond donors (Lipinski definition) is 0. The summed E-state index contributed by atoms with van der Waals surface area (Å²) >= 11 is 0. The molecule has 0 radical (unpaired) electrons. The molecule has 1 aliphatic rings. The van der Waals surface area contributed by atoms with Crippen molar-refractivity contribution < 1.29 is 0 Å². The fourth-order valence-corrected chi connectivity index (χ4v) is 4.27. The first-order chi connectivity index (χ1) is 12.6. The Bertz CT molecular complexity index is 1050. The fourth-order valence-electron chi connectivity index (χ4n) is 4.27. The van der Waals surface area contributed by atoms with Crippen molar-refractivity contribution in [3.05, 3.63) is 57.4 Å². The third-order valence-electron chi connectivity index (χ3n) is 5.73. The molecule has 0 bridgehead atoms. The van der Waals surface area contributed by atoms with Crippen LogP contribution in [0.2, 0.25) is 0 Å². The molecule has 2 aromatic heterocycles. The largest absolute Gasteiger partial charge is 0.342 e. The van der Waals surface area contributed by atoms with Crippen LogP contribution in [0.1, 0.15) is 44.6 Å². The van der Waals surface area contributed by atoms with Crippen LogP contribution < -0.4 is 11.2 Å². The number of aromatic nitrogens is 3. The molecule has 0 unspecified atom stereocenters. The van der Waals surface area contributed by atoms with Gasteiger partial charge in [-0.3, -0.25) is 13.9 Å². The summed E-state index contributed by atoms with van der Waals surface area (Å²) in [5, 5.41) is 0.644. The second kappa shape index (κ2) is 6.63. The number of benzene rings is 1. The SMILES string of the molecule is Cn1c(=O)c2c(-c3ccccc3)n(C3CCCCCC3)cc2n(C)c1=O. The number of fused-ring (bicyclic) bond motifs is 1. The minimum atomic E-state index is -0.278. The second-order valence-corrected chi connectivity index (χ2v) is 7.36. The predicted molar refractivity (Wildman–Crippen MR) is 105 cm³/mol. The van der Waals surface area contributed by atoms with Crippen molar-refractivity contribution in [1.29, 1.82) is 0 Å². The molecule has 0 aliphatic heterocycles.